The third-order valence-electron chi connectivity index (χ3n) is 4.74. The van der Waals surface area contributed by atoms with E-state index in [9.17, 15) is 15.3 Å². The van der Waals surface area contributed by atoms with E-state index in [4.69, 9.17) is 4.74 Å². The molecule has 1 aromatic rings. The van der Waals surface area contributed by atoms with Crippen molar-refractivity contribution in [2.45, 2.75) is 18.9 Å². The second-order valence-corrected chi connectivity index (χ2v) is 6.05. The Morgan fingerprint density at radius 1 is 1.00 bits per heavy atom. The minimum absolute atomic E-state index is 0. The largest absolute Gasteiger partial charge is 0.504 e. The molecule has 0 spiro atoms. The first-order valence-electron chi connectivity index (χ1n) is 7.95. The number of aromatic hydroxyl groups is 3. The van der Waals surface area contributed by atoms with Gasteiger partial charge in [0.25, 0.3) is 0 Å². The van der Waals surface area contributed by atoms with Crippen molar-refractivity contribution in [2.75, 3.05) is 39.4 Å². The van der Waals surface area contributed by atoms with Crippen LogP contribution in [0.2, 0.25) is 0 Å². The highest BCUT2D eigenvalue weighted by Gasteiger charge is 2.33. The van der Waals surface area contributed by atoms with E-state index in [2.05, 4.69) is 10.2 Å². The molecule has 0 radical (unpaired) electrons. The zero-order valence-electron chi connectivity index (χ0n) is 13.5. The van der Waals surface area contributed by atoms with Crippen LogP contribution < -0.4 is 5.32 Å². The van der Waals surface area contributed by atoms with Gasteiger partial charge in [0.2, 0.25) is 5.75 Å². The summed E-state index contributed by atoms with van der Waals surface area (Å²) in [7, 11) is 0. The Hall–Kier alpha value is -0.920. The number of benzene rings is 1. The van der Waals surface area contributed by atoms with Gasteiger partial charge in [0.1, 0.15) is 0 Å². The van der Waals surface area contributed by atoms with Gasteiger partial charge >= 0.3 is 0 Å². The molecule has 1 aromatic carbocycles. The summed E-state index contributed by atoms with van der Waals surface area (Å²) in [6.07, 6.45) is 1.88. The van der Waals surface area contributed by atoms with Gasteiger partial charge in [-0.2, -0.15) is 0 Å². The summed E-state index contributed by atoms with van der Waals surface area (Å²) in [5.41, 5.74) is 0.698. The summed E-state index contributed by atoms with van der Waals surface area (Å²) in [4.78, 5) is 2.36. The number of halogens is 2. The Labute approximate surface area is 154 Å². The van der Waals surface area contributed by atoms with Crippen molar-refractivity contribution in [3.05, 3.63) is 17.7 Å². The summed E-state index contributed by atoms with van der Waals surface area (Å²) in [5, 5.41) is 33.1. The predicted octanol–water partition coefficient (Wildman–Crippen LogP) is 2.02. The van der Waals surface area contributed by atoms with Crippen LogP contribution in [0.25, 0.3) is 0 Å². The van der Waals surface area contributed by atoms with Gasteiger partial charge < -0.3 is 25.4 Å². The molecule has 2 heterocycles. The van der Waals surface area contributed by atoms with E-state index in [0.29, 0.717) is 11.5 Å². The number of phenolic OH excluding ortho intramolecular Hbond substituents is 3. The van der Waals surface area contributed by atoms with Gasteiger partial charge in [0, 0.05) is 51.0 Å². The van der Waals surface area contributed by atoms with Gasteiger partial charge in [-0.3, -0.25) is 4.90 Å². The van der Waals surface area contributed by atoms with E-state index in [1.165, 1.54) is 6.07 Å². The van der Waals surface area contributed by atoms with Gasteiger partial charge in [-0.25, -0.2) is 0 Å². The highest BCUT2D eigenvalue weighted by atomic mass is 35.5. The van der Waals surface area contributed by atoms with Crippen LogP contribution in [-0.4, -0.2) is 59.6 Å². The molecule has 0 saturated carbocycles. The minimum Gasteiger partial charge on any atom is -0.504 e. The van der Waals surface area contributed by atoms with Crippen molar-refractivity contribution in [1.82, 2.24) is 10.2 Å². The number of nitrogens with one attached hydrogen (secondary N) is 1. The van der Waals surface area contributed by atoms with Crippen molar-refractivity contribution in [2.24, 2.45) is 5.92 Å². The number of hydrogen-bond donors (Lipinski definition) is 4. The molecule has 2 saturated heterocycles. The fourth-order valence-corrected chi connectivity index (χ4v) is 3.56. The Morgan fingerprint density at radius 2 is 1.62 bits per heavy atom. The zero-order chi connectivity index (χ0) is 15.5. The molecule has 0 aliphatic carbocycles. The molecule has 2 aliphatic rings. The number of phenols is 3. The zero-order valence-corrected chi connectivity index (χ0v) is 15.1. The Bertz CT molecular complexity index is 503. The molecule has 3 rings (SSSR count). The summed E-state index contributed by atoms with van der Waals surface area (Å²) >= 11 is 0. The van der Waals surface area contributed by atoms with Crippen LogP contribution in [0, 0.1) is 5.92 Å². The van der Waals surface area contributed by atoms with Crippen LogP contribution in [0.5, 0.6) is 17.2 Å². The monoisotopic (exact) mass is 380 g/mol. The lowest BCUT2D eigenvalue weighted by Crippen LogP contribution is -2.47. The van der Waals surface area contributed by atoms with Crippen molar-refractivity contribution >= 4 is 24.8 Å². The lowest BCUT2D eigenvalue weighted by molar-refractivity contribution is 0.0205. The number of hydrogen-bond acceptors (Lipinski definition) is 6. The highest BCUT2D eigenvalue weighted by molar-refractivity contribution is 5.85. The molecule has 1 atom stereocenters. The van der Waals surface area contributed by atoms with E-state index >= 15 is 0 Å². The van der Waals surface area contributed by atoms with Gasteiger partial charge in [-0.15, -0.1) is 24.8 Å². The molecule has 6 nitrogen and oxygen atoms in total. The lowest BCUT2D eigenvalue weighted by Gasteiger charge is -2.41. The second-order valence-electron chi connectivity index (χ2n) is 6.05. The maximum atomic E-state index is 10.3. The van der Waals surface area contributed by atoms with Crippen molar-refractivity contribution in [3.63, 3.8) is 0 Å². The standard InChI is InChI=1S/C16H24N2O4.2ClH/c19-13-2-1-12(15(20)16(13)21)14(11-3-9-22-10-4-11)18-7-5-17-6-8-18;;/h1-2,11,14,17,19-21H,3-10H2;2*1H/t14-;;/m0../s1. The smallest absolute Gasteiger partial charge is 0.200 e. The molecule has 0 aromatic heterocycles. The van der Waals surface area contributed by atoms with Gasteiger partial charge in [-0.1, -0.05) is 0 Å². The van der Waals surface area contributed by atoms with E-state index in [-0.39, 0.29) is 42.4 Å². The number of piperazine rings is 1. The predicted molar refractivity (Wildman–Crippen MR) is 96.7 cm³/mol. The van der Waals surface area contributed by atoms with Crippen LogP contribution in [0.3, 0.4) is 0 Å². The fraction of sp³-hybridized carbons (Fsp3) is 0.625. The van der Waals surface area contributed by atoms with Gasteiger partial charge in [0.15, 0.2) is 11.5 Å². The van der Waals surface area contributed by atoms with Gasteiger partial charge in [-0.05, 0) is 30.9 Å². The SMILES string of the molecule is Cl.Cl.Oc1ccc([C@H](C2CCOCC2)N2CCNCC2)c(O)c1O. The third kappa shape index (κ3) is 4.37. The summed E-state index contributed by atoms with van der Waals surface area (Å²) < 4.78 is 5.46. The molecule has 8 heteroatoms. The van der Waals surface area contributed by atoms with Gasteiger partial charge in [0.05, 0.1) is 0 Å². The molecule has 2 aliphatic heterocycles. The van der Waals surface area contributed by atoms with E-state index in [0.717, 1.165) is 52.2 Å². The maximum Gasteiger partial charge on any atom is 0.200 e. The average molecular weight is 381 g/mol. The number of ether oxygens (including phenoxy) is 1. The molecule has 4 N–H and O–H groups in total. The van der Waals surface area contributed by atoms with Crippen molar-refractivity contribution in [1.29, 1.82) is 0 Å². The Balaban J connectivity index is 0.00000144. The van der Waals surface area contributed by atoms with Crippen LogP contribution in [0.4, 0.5) is 0 Å². The summed E-state index contributed by atoms with van der Waals surface area (Å²) in [6, 6.07) is 3.23. The molecule has 138 valence electrons. The molecular formula is C16H26Cl2N2O4. The number of nitrogens with zero attached hydrogens (tertiary/aromatic N) is 1. The average Bonchev–Trinajstić information content (AvgIpc) is 2.57. The van der Waals surface area contributed by atoms with E-state index in [1.54, 1.807) is 6.07 Å². The van der Waals surface area contributed by atoms with Crippen LogP contribution in [0.15, 0.2) is 12.1 Å². The van der Waals surface area contributed by atoms with E-state index in [1.807, 2.05) is 0 Å². The highest BCUT2D eigenvalue weighted by Crippen LogP contribution is 2.45. The molecule has 0 amide bonds. The summed E-state index contributed by atoms with van der Waals surface area (Å²) in [6.45, 7) is 5.12. The van der Waals surface area contributed by atoms with Crippen LogP contribution in [-0.2, 0) is 4.74 Å². The first-order valence-corrected chi connectivity index (χ1v) is 7.95. The first-order chi connectivity index (χ1) is 10.7. The maximum absolute atomic E-state index is 10.3. The molecule has 0 unspecified atom stereocenters. The molecule has 2 fully saturated rings. The molecule has 0 bridgehead atoms. The quantitative estimate of drug-likeness (QED) is 0.600. The lowest BCUT2D eigenvalue weighted by atomic mass is 9.85. The van der Waals surface area contributed by atoms with Crippen molar-refractivity contribution < 1.29 is 20.1 Å². The first kappa shape index (κ1) is 21.1. The van der Waals surface area contributed by atoms with E-state index < -0.39 is 5.75 Å². The number of rotatable bonds is 3. The fourth-order valence-electron chi connectivity index (χ4n) is 3.56. The minimum atomic E-state index is -0.426. The Kier molecular flexibility index (Phi) is 8.39. The molecule has 24 heavy (non-hydrogen) atoms. The normalized spacial score (nSPS) is 20.7. The molecular weight excluding hydrogens is 355 g/mol. The van der Waals surface area contributed by atoms with Crippen LogP contribution >= 0.6 is 24.8 Å². The van der Waals surface area contributed by atoms with Crippen LogP contribution in [0.1, 0.15) is 24.4 Å². The Morgan fingerprint density at radius 3 is 2.25 bits per heavy atom. The topological polar surface area (TPSA) is 85.2 Å². The second kappa shape index (κ2) is 9.53. The third-order valence-corrected chi connectivity index (χ3v) is 4.74. The summed E-state index contributed by atoms with van der Waals surface area (Å²) in [5.74, 6) is -0.534. The van der Waals surface area contributed by atoms with Crippen molar-refractivity contribution in [3.8, 4) is 17.2 Å².